The molecule has 0 aromatic heterocycles. The molecule has 2 heterocycles. The first-order chi connectivity index (χ1) is 7.45. The lowest BCUT2D eigenvalue weighted by Crippen LogP contribution is -2.23. The van der Waals surface area contributed by atoms with Gasteiger partial charge >= 0.3 is 0 Å². The van der Waals surface area contributed by atoms with E-state index in [2.05, 4.69) is 10.6 Å². The average Bonchev–Trinajstić information content (AvgIpc) is 2.88. The molecule has 15 heavy (non-hydrogen) atoms. The number of hydrogen-bond acceptors (Lipinski definition) is 4. The summed E-state index contributed by atoms with van der Waals surface area (Å²) in [5.41, 5.74) is 0. The average molecular weight is 214 g/mol. The van der Waals surface area contributed by atoms with Gasteiger partial charge in [-0.2, -0.15) is 0 Å². The highest BCUT2D eigenvalue weighted by Gasteiger charge is 2.15. The standard InChI is InChI=1S/C11H22N2O2/c1(2-4-10-12-6-8-14-10)3-5-11-13-7-9-15-11/h10-13H,1-9H2. The van der Waals surface area contributed by atoms with E-state index >= 15 is 0 Å². The molecule has 2 aliphatic rings. The van der Waals surface area contributed by atoms with E-state index in [0.717, 1.165) is 39.1 Å². The highest BCUT2D eigenvalue weighted by molar-refractivity contribution is 4.65. The van der Waals surface area contributed by atoms with Gasteiger partial charge in [-0.3, -0.25) is 10.6 Å². The molecule has 0 bridgehead atoms. The SMILES string of the molecule is C(CCC1NCCO1)CCC1NCCO1. The lowest BCUT2D eigenvalue weighted by molar-refractivity contribution is 0.0859. The summed E-state index contributed by atoms with van der Waals surface area (Å²) < 4.78 is 11.0. The van der Waals surface area contributed by atoms with Crippen LogP contribution in [0.5, 0.6) is 0 Å². The lowest BCUT2D eigenvalue weighted by Gasteiger charge is -2.11. The molecule has 2 aliphatic heterocycles. The molecule has 0 aromatic rings. The Morgan fingerprint density at radius 1 is 0.800 bits per heavy atom. The number of hydrogen-bond donors (Lipinski definition) is 2. The molecule has 2 saturated heterocycles. The van der Waals surface area contributed by atoms with E-state index < -0.39 is 0 Å². The molecule has 2 fully saturated rings. The van der Waals surface area contributed by atoms with Gasteiger partial charge in [-0.1, -0.05) is 6.42 Å². The van der Waals surface area contributed by atoms with Crippen LogP contribution in [0, 0.1) is 0 Å². The third kappa shape index (κ3) is 4.07. The number of rotatable bonds is 6. The van der Waals surface area contributed by atoms with E-state index in [1.165, 1.54) is 19.3 Å². The van der Waals surface area contributed by atoms with Crippen LogP contribution in [0.2, 0.25) is 0 Å². The minimum atomic E-state index is 0.325. The highest BCUT2D eigenvalue weighted by Crippen LogP contribution is 2.11. The van der Waals surface area contributed by atoms with Gasteiger partial charge in [0, 0.05) is 13.1 Å². The molecular formula is C11H22N2O2. The summed E-state index contributed by atoms with van der Waals surface area (Å²) >= 11 is 0. The normalized spacial score (nSPS) is 31.2. The molecule has 0 radical (unpaired) electrons. The zero-order valence-electron chi connectivity index (χ0n) is 9.34. The second kappa shape index (κ2) is 6.43. The van der Waals surface area contributed by atoms with Crippen molar-refractivity contribution < 1.29 is 9.47 Å². The molecular weight excluding hydrogens is 192 g/mol. The van der Waals surface area contributed by atoms with E-state index in [1.807, 2.05) is 0 Å². The van der Waals surface area contributed by atoms with E-state index in [4.69, 9.17) is 9.47 Å². The molecule has 4 heteroatoms. The third-order valence-electron chi connectivity index (χ3n) is 3.02. The molecule has 2 atom stereocenters. The van der Waals surface area contributed by atoms with Gasteiger partial charge < -0.3 is 9.47 Å². The Hall–Kier alpha value is -0.160. The Balaban J connectivity index is 1.41. The van der Waals surface area contributed by atoms with Crippen LogP contribution in [0.25, 0.3) is 0 Å². The molecule has 0 spiro atoms. The van der Waals surface area contributed by atoms with Crippen molar-refractivity contribution in [3.63, 3.8) is 0 Å². The Labute approximate surface area is 91.7 Å². The fraction of sp³-hybridized carbons (Fsp3) is 1.00. The first-order valence-electron chi connectivity index (χ1n) is 6.15. The molecule has 0 amide bonds. The molecule has 2 rings (SSSR count). The monoisotopic (exact) mass is 214 g/mol. The quantitative estimate of drug-likeness (QED) is 0.643. The van der Waals surface area contributed by atoms with Crippen LogP contribution in [0.1, 0.15) is 32.1 Å². The largest absolute Gasteiger partial charge is 0.362 e. The maximum absolute atomic E-state index is 5.48. The summed E-state index contributed by atoms with van der Waals surface area (Å²) in [6, 6.07) is 0. The Bertz CT molecular complexity index is 148. The first kappa shape index (κ1) is 11.3. The van der Waals surface area contributed by atoms with E-state index in [1.54, 1.807) is 0 Å². The number of unbranched alkanes of at least 4 members (excludes halogenated alkanes) is 2. The van der Waals surface area contributed by atoms with E-state index in [0.29, 0.717) is 12.5 Å². The van der Waals surface area contributed by atoms with Crippen molar-refractivity contribution in [2.45, 2.75) is 44.6 Å². The second-order valence-corrected chi connectivity index (χ2v) is 4.27. The van der Waals surface area contributed by atoms with Gasteiger partial charge in [0.05, 0.1) is 13.2 Å². The van der Waals surface area contributed by atoms with E-state index in [-0.39, 0.29) is 0 Å². The van der Waals surface area contributed by atoms with Crippen molar-refractivity contribution in [2.24, 2.45) is 0 Å². The minimum Gasteiger partial charge on any atom is -0.362 e. The van der Waals surface area contributed by atoms with Gasteiger partial charge in [0.25, 0.3) is 0 Å². The zero-order chi connectivity index (χ0) is 10.3. The summed E-state index contributed by atoms with van der Waals surface area (Å²) in [4.78, 5) is 0. The van der Waals surface area contributed by atoms with Crippen LogP contribution >= 0.6 is 0 Å². The van der Waals surface area contributed by atoms with Gasteiger partial charge in [0.1, 0.15) is 12.5 Å². The lowest BCUT2D eigenvalue weighted by atomic mass is 10.1. The number of ether oxygens (including phenoxy) is 2. The van der Waals surface area contributed by atoms with Crippen molar-refractivity contribution in [1.82, 2.24) is 10.6 Å². The van der Waals surface area contributed by atoms with Crippen LogP contribution in [-0.4, -0.2) is 38.8 Å². The van der Waals surface area contributed by atoms with Crippen molar-refractivity contribution in [3.05, 3.63) is 0 Å². The summed E-state index contributed by atoms with van der Waals surface area (Å²) in [6.45, 7) is 3.80. The molecule has 0 aromatic carbocycles. The van der Waals surface area contributed by atoms with Crippen molar-refractivity contribution in [3.8, 4) is 0 Å². The fourth-order valence-corrected chi connectivity index (χ4v) is 2.17. The van der Waals surface area contributed by atoms with Crippen LogP contribution < -0.4 is 10.6 Å². The summed E-state index contributed by atoms with van der Waals surface area (Å²) in [7, 11) is 0. The van der Waals surface area contributed by atoms with Crippen LogP contribution in [0.15, 0.2) is 0 Å². The molecule has 0 saturated carbocycles. The van der Waals surface area contributed by atoms with Gasteiger partial charge in [-0.15, -0.1) is 0 Å². The van der Waals surface area contributed by atoms with Crippen molar-refractivity contribution >= 4 is 0 Å². The van der Waals surface area contributed by atoms with E-state index in [9.17, 15) is 0 Å². The Morgan fingerprint density at radius 3 is 1.73 bits per heavy atom. The minimum absolute atomic E-state index is 0.325. The van der Waals surface area contributed by atoms with Gasteiger partial charge in [0.15, 0.2) is 0 Å². The van der Waals surface area contributed by atoms with Gasteiger partial charge in [-0.05, 0) is 25.7 Å². The Morgan fingerprint density at radius 2 is 1.33 bits per heavy atom. The fourth-order valence-electron chi connectivity index (χ4n) is 2.17. The summed E-state index contributed by atoms with van der Waals surface area (Å²) in [5, 5.41) is 6.66. The highest BCUT2D eigenvalue weighted by atomic mass is 16.5. The maximum atomic E-state index is 5.48. The molecule has 2 unspecified atom stereocenters. The molecule has 4 nitrogen and oxygen atoms in total. The predicted molar refractivity (Wildman–Crippen MR) is 58.6 cm³/mol. The molecule has 0 aliphatic carbocycles. The topological polar surface area (TPSA) is 42.5 Å². The third-order valence-corrected chi connectivity index (χ3v) is 3.02. The first-order valence-corrected chi connectivity index (χ1v) is 6.15. The summed E-state index contributed by atoms with van der Waals surface area (Å²) in [6.07, 6.45) is 6.74. The van der Waals surface area contributed by atoms with Gasteiger partial charge in [0.2, 0.25) is 0 Å². The number of nitrogens with one attached hydrogen (secondary N) is 2. The molecule has 2 N–H and O–H groups in total. The smallest absolute Gasteiger partial charge is 0.108 e. The predicted octanol–water partition coefficient (Wildman–Crippen LogP) is 0.829. The Kier molecular flexibility index (Phi) is 4.86. The maximum Gasteiger partial charge on any atom is 0.108 e. The molecule has 88 valence electrons. The second-order valence-electron chi connectivity index (χ2n) is 4.27. The van der Waals surface area contributed by atoms with Crippen molar-refractivity contribution in [2.75, 3.05) is 26.3 Å². The van der Waals surface area contributed by atoms with Crippen LogP contribution in [-0.2, 0) is 9.47 Å². The van der Waals surface area contributed by atoms with Crippen LogP contribution in [0.3, 0.4) is 0 Å². The van der Waals surface area contributed by atoms with Crippen LogP contribution in [0.4, 0.5) is 0 Å². The summed E-state index contributed by atoms with van der Waals surface area (Å²) in [5.74, 6) is 0. The zero-order valence-corrected chi connectivity index (χ0v) is 9.34. The van der Waals surface area contributed by atoms with Crippen molar-refractivity contribution in [1.29, 1.82) is 0 Å². The van der Waals surface area contributed by atoms with Gasteiger partial charge in [-0.25, -0.2) is 0 Å².